The van der Waals surface area contributed by atoms with Gasteiger partial charge < -0.3 is 15.4 Å². The Morgan fingerprint density at radius 2 is 2.29 bits per heavy atom. The first-order valence-electron chi connectivity index (χ1n) is 5.99. The number of halogens is 1. The predicted molar refractivity (Wildman–Crippen MR) is 66.6 cm³/mol. The zero-order valence-electron chi connectivity index (χ0n) is 10.3. The molecule has 0 aromatic heterocycles. The van der Waals surface area contributed by atoms with Crippen molar-refractivity contribution in [3.05, 3.63) is 29.6 Å². The highest BCUT2D eigenvalue weighted by Crippen LogP contribution is 2.30. The molecule has 0 spiro atoms. The average molecular weight is 238 g/mol. The van der Waals surface area contributed by atoms with Crippen LogP contribution in [0.25, 0.3) is 0 Å². The number of anilines is 1. The molecular weight excluding hydrogens is 219 g/mol. The summed E-state index contributed by atoms with van der Waals surface area (Å²) in [6.45, 7) is 5.89. The molecular formula is C13H19FN2O. The van der Waals surface area contributed by atoms with Crippen LogP contribution in [0.3, 0.4) is 0 Å². The van der Waals surface area contributed by atoms with Crippen LogP contribution in [-0.2, 0) is 4.74 Å². The molecule has 2 atom stereocenters. The number of hydrogen-bond donors (Lipinski definition) is 1. The topological polar surface area (TPSA) is 38.5 Å². The lowest BCUT2D eigenvalue weighted by Gasteiger charge is -2.37. The fourth-order valence-corrected chi connectivity index (χ4v) is 2.26. The van der Waals surface area contributed by atoms with Crippen LogP contribution in [0.15, 0.2) is 18.2 Å². The summed E-state index contributed by atoms with van der Waals surface area (Å²) in [6.07, 6.45) is 0. The van der Waals surface area contributed by atoms with E-state index in [0.717, 1.165) is 5.56 Å². The summed E-state index contributed by atoms with van der Waals surface area (Å²) in [5, 5.41) is 0. The van der Waals surface area contributed by atoms with Crippen LogP contribution in [0.5, 0.6) is 0 Å². The largest absolute Gasteiger partial charge is 0.377 e. The normalized spacial score (nSPS) is 22.6. The molecule has 1 fully saturated rings. The minimum Gasteiger partial charge on any atom is -0.377 e. The standard InChI is InChI=1S/C13H19FN2O/c1-9-8-17-7-6-16(9)13-11(10(2)15)4-3-5-12(13)14/h3-5,9-10H,6-8,15H2,1-2H3/t9?,10-/m0/s1. The quantitative estimate of drug-likeness (QED) is 0.857. The fraction of sp³-hybridized carbons (Fsp3) is 0.538. The lowest BCUT2D eigenvalue weighted by molar-refractivity contribution is 0.0984. The Hall–Kier alpha value is -1.13. The highest BCUT2D eigenvalue weighted by Gasteiger charge is 2.24. The Balaban J connectivity index is 2.41. The molecule has 1 aromatic rings. The van der Waals surface area contributed by atoms with Gasteiger partial charge in [-0.15, -0.1) is 0 Å². The van der Waals surface area contributed by atoms with Crippen LogP contribution in [-0.4, -0.2) is 25.8 Å². The minimum absolute atomic E-state index is 0.171. The van der Waals surface area contributed by atoms with Crippen molar-refractivity contribution in [3.63, 3.8) is 0 Å². The molecule has 4 heteroatoms. The van der Waals surface area contributed by atoms with E-state index in [-0.39, 0.29) is 17.9 Å². The number of nitrogens with zero attached hydrogens (tertiary/aromatic N) is 1. The molecule has 1 unspecified atom stereocenters. The average Bonchev–Trinajstić information content (AvgIpc) is 2.30. The molecule has 0 amide bonds. The van der Waals surface area contributed by atoms with Crippen molar-refractivity contribution in [2.45, 2.75) is 25.9 Å². The first kappa shape index (κ1) is 12.3. The van der Waals surface area contributed by atoms with Gasteiger partial charge in [-0.1, -0.05) is 12.1 Å². The van der Waals surface area contributed by atoms with Crippen LogP contribution in [0.1, 0.15) is 25.5 Å². The number of ether oxygens (including phenoxy) is 1. The predicted octanol–water partition coefficient (Wildman–Crippen LogP) is 2.07. The lowest BCUT2D eigenvalue weighted by atomic mass is 10.0. The number of para-hydroxylation sites is 1. The van der Waals surface area contributed by atoms with Crippen LogP contribution in [0.2, 0.25) is 0 Å². The smallest absolute Gasteiger partial charge is 0.146 e. The van der Waals surface area contributed by atoms with Gasteiger partial charge in [-0.05, 0) is 25.5 Å². The second kappa shape index (κ2) is 5.02. The third-order valence-corrected chi connectivity index (χ3v) is 3.16. The summed E-state index contributed by atoms with van der Waals surface area (Å²) in [5.74, 6) is -0.200. The van der Waals surface area contributed by atoms with E-state index in [1.165, 1.54) is 6.07 Å². The van der Waals surface area contributed by atoms with Crippen molar-refractivity contribution in [1.29, 1.82) is 0 Å². The summed E-state index contributed by atoms with van der Waals surface area (Å²) in [6, 6.07) is 5.10. The number of hydrogen-bond acceptors (Lipinski definition) is 3. The third kappa shape index (κ3) is 2.42. The van der Waals surface area contributed by atoms with Crippen molar-refractivity contribution < 1.29 is 9.13 Å². The molecule has 1 aromatic carbocycles. The van der Waals surface area contributed by atoms with Crippen molar-refractivity contribution in [2.75, 3.05) is 24.7 Å². The molecule has 1 heterocycles. The van der Waals surface area contributed by atoms with E-state index in [9.17, 15) is 4.39 Å². The third-order valence-electron chi connectivity index (χ3n) is 3.16. The fourth-order valence-electron chi connectivity index (χ4n) is 2.26. The second-order valence-electron chi connectivity index (χ2n) is 4.58. The first-order chi connectivity index (χ1) is 8.11. The summed E-state index contributed by atoms with van der Waals surface area (Å²) < 4.78 is 19.4. The van der Waals surface area contributed by atoms with Gasteiger partial charge >= 0.3 is 0 Å². The van der Waals surface area contributed by atoms with Crippen molar-refractivity contribution in [1.82, 2.24) is 0 Å². The number of benzene rings is 1. The SMILES string of the molecule is CC1COCCN1c1c(F)cccc1[C@H](C)N. The van der Waals surface area contributed by atoms with Gasteiger partial charge in [0.2, 0.25) is 0 Å². The van der Waals surface area contributed by atoms with Gasteiger partial charge in [0.15, 0.2) is 0 Å². The zero-order chi connectivity index (χ0) is 12.4. The molecule has 94 valence electrons. The molecule has 0 aliphatic carbocycles. The molecule has 0 radical (unpaired) electrons. The summed E-state index contributed by atoms with van der Waals surface area (Å²) in [7, 11) is 0. The van der Waals surface area contributed by atoms with E-state index < -0.39 is 0 Å². The van der Waals surface area contributed by atoms with Gasteiger partial charge in [0, 0.05) is 18.6 Å². The molecule has 17 heavy (non-hydrogen) atoms. The number of morpholine rings is 1. The molecule has 1 saturated heterocycles. The van der Waals surface area contributed by atoms with E-state index in [0.29, 0.717) is 25.4 Å². The lowest BCUT2D eigenvalue weighted by Crippen LogP contribution is -2.44. The summed E-state index contributed by atoms with van der Waals surface area (Å²) >= 11 is 0. The van der Waals surface area contributed by atoms with E-state index in [2.05, 4.69) is 4.90 Å². The molecule has 0 saturated carbocycles. The number of rotatable bonds is 2. The molecule has 1 aliphatic rings. The van der Waals surface area contributed by atoms with Crippen LogP contribution >= 0.6 is 0 Å². The highest BCUT2D eigenvalue weighted by atomic mass is 19.1. The van der Waals surface area contributed by atoms with E-state index in [1.54, 1.807) is 6.07 Å². The van der Waals surface area contributed by atoms with Gasteiger partial charge in [-0.2, -0.15) is 0 Å². The number of nitrogens with two attached hydrogens (primary N) is 1. The van der Waals surface area contributed by atoms with Gasteiger partial charge in [0.05, 0.1) is 18.9 Å². The van der Waals surface area contributed by atoms with Gasteiger partial charge in [-0.3, -0.25) is 0 Å². The second-order valence-corrected chi connectivity index (χ2v) is 4.58. The van der Waals surface area contributed by atoms with Gasteiger partial charge in [0.25, 0.3) is 0 Å². The van der Waals surface area contributed by atoms with Crippen LogP contribution in [0, 0.1) is 5.82 Å². The maximum absolute atomic E-state index is 14.0. The Bertz CT molecular complexity index is 395. The monoisotopic (exact) mass is 238 g/mol. The summed E-state index contributed by atoms with van der Waals surface area (Å²) in [5.41, 5.74) is 7.41. The van der Waals surface area contributed by atoms with Gasteiger partial charge in [0.1, 0.15) is 5.82 Å². The Morgan fingerprint density at radius 1 is 1.53 bits per heavy atom. The van der Waals surface area contributed by atoms with Crippen molar-refractivity contribution >= 4 is 5.69 Å². The Kier molecular flexibility index (Phi) is 3.64. The van der Waals surface area contributed by atoms with Crippen LogP contribution in [0.4, 0.5) is 10.1 Å². The molecule has 2 rings (SSSR count). The summed E-state index contributed by atoms with van der Waals surface area (Å²) in [4.78, 5) is 2.05. The van der Waals surface area contributed by atoms with E-state index in [1.807, 2.05) is 19.9 Å². The maximum atomic E-state index is 14.0. The Labute approximate surface area is 101 Å². The molecule has 2 N–H and O–H groups in total. The first-order valence-corrected chi connectivity index (χ1v) is 5.99. The van der Waals surface area contributed by atoms with E-state index in [4.69, 9.17) is 10.5 Å². The zero-order valence-corrected chi connectivity index (χ0v) is 10.3. The van der Waals surface area contributed by atoms with E-state index >= 15 is 0 Å². The molecule has 1 aliphatic heterocycles. The minimum atomic E-state index is -0.200. The highest BCUT2D eigenvalue weighted by molar-refractivity contribution is 5.57. The molecule has 0 bridgehead atoms. The van der Waals surface area contributed by atoms with Crippen molar-refractivity contribution in [2.24, 2.45) is 5.73 Å². The molecule has 3 nitrogen and oxygen atoms in total. The maximum Gasteiger partial charge on any atom is 0.146 e. The van der Waals surface area contributed by atoms with Gasteiger partial charge in [-0.25, -0.2) is 4.39 Å². The Morgan fingerprint density at radius 3 is 2.94 bits per heavy atom. The van der Waals surface area contributed by atoms with Crippen LogP contribution < -0.4 is 10.6 Å². The van der Waals surface area contributed by atoms with Crippen molar-refractivity contribution in [3.8, 4) is 0 Å².